The summed E-state index contributed by atoms with van der Waals surface area (Å²) in [4.78, 5) is 23.8. The highest BCUT2D eigenvalue weighted by Crippen LogP contribution is 2.21. The van der Waals surface area contributed by atoms with Crippen molar-refractivity contribution in [3.05, 3.63) is 28.8 Å². The van der Waals surface area contributed by atoms with Gasteiger partial charge >= 0.3 is 0 Å². The third-order valence-electron chi connectivity index (χ3n) is 3.72. The van der Waals surface area contributed by atoms with Crippen LogP contribution in [0.25, 0.3) is 0 Å². The standard InChI is InChI=1S/C17H26N2O2/c1-6-14(7-2)17(21)18-10-15(20)19-16-12(4)8-11(3)9-13(16)5/h8-9,14H,6-7,10H2,1-5H3,(H,18,21)(H,19,20). The molecule has 1 rings (SSSR count). The number of hydrogen-bond acceptors (Lipinski definition) is 2. The van der Waals surface area contributed by atoms with E-state index in [9.17, 15) is 9.59 Å². The van der Waals surface area contributed by atoms with Gasteiger partial charge in [-0.15, -0.1) is 0 Å². The van der Waals surface area contributed by atoms with E-state index in [-0.39, 0.29) is 24.3 Å². The first-order chi connectivity index (χ1) is 9.88. The number of benzene rings is 1. The molecule has 0 unspecified atom stereocenters. The van der Waals surface area contributed by atoms with Crippen molar-refractivity contribution in [1.29, 1.82) is 0 Å². The van der Waals surface area contributed by atoms with Gasteiger partial charge in [-0.25, -0.2) is 0 Å². The zero-order valence-corrected chi connectivity index (χ0v) is 13.7. The fraction of sp³-hybridized carbons (Fsp3) is 0.529. The van der Waals surface area contributed by atoms with Gasteiger partial charge < -0.3 is 10.6 Å². The lowest BCUT2D eigenvalue weighted by Gasteiger charge is -2.15. The maximum absolute atomic E-state index is 12.0. The van der Waals surface area contributed by atoms with Crippen LogP contribution in [0.1, 0.15) is 43.4 Å². The Morgan fingerprint density at radius 2 is 1.57 bits per heavy atom. The van der Waals surface area contributed by atoms with E-state index < -0.39 is 0 Å². The molecule has 21 heavy (non-hydrogen) atoms. The van der Waals surface area contributed by atoms with E-state index in [1.807, 2.05) is 46.8 Å². The van der Waals surface area contributed by atoms with Crippen molar-refractivity contribution in [3.63, 3.8) is 0 Å². The normalized spacial score (nSPS) is 10.6. The summed E-state index contributed by atoms with van der Waals surface area (Å²) in [7, 11) is 0. The Balaban J connectivity index is 2.61. The number of carbonyl (C=O) groups is 2. The Labute approximate surface area is 127 Å². The lowest BCUT2D eigenvalue weighted by Crippen LogP contribution is -2.36. The van der Waals surface area contributed by atoms with E-state index >= 15 is 0 Å². The van der Waals surface area contributed by atoms with Gasteiger partial charge in [0.15, 0.2) is 0 Å². The first-order valence-electron chi connectivity index (χ1n) is 7.54. The van der Waals surface area contributed by atoms with Gasteiger partial charge in [-0.3, -0.25) is 9.59 Å². The minimum Gasteiger partial charge on any atom is -0.347 e. The van der Waals surface area contributed by atoms with Crippen LogP contribution in [0.2, 0.25) is 0 Å². The predicted molar refractivity (Wildman–Crippen MR) is 86.4 cm³/mol. The lowest BCUT2D eigenvalue weighted by molar-refractivity contribution is -0.127. The van der Waals surface area contributed by atoms with Crippen LogP contribution in [0.3, 0.4) is 0 Å². The third kappa shape index (κ3) is 4.88. The van der Waals surface area contributed by atoms with Crippen LogP contribution in [0.15, 0.2) is 12.1 Å². The molecule has 4 nitrogen and oxygen atoms in total. The summed E-state index contributed by atoms with van der Waals surface area (Å²) in [6, 6.07) is 4.07. The topological polar surface area (TPSA) is 58.2 Å². The second kappa shape index (κ2) is 7.81. The molecule has 0 radical (unpaired) electrons. The van der Waals surface area contributed by atoms with E-state index in [0.29, 0.717) is 0 Å². The first kappa shape index (κ1) is 17.2. The van der Waals surface area contributed by atoms with Crippen molar-refractivity contribution >= 4 is 17.5 Å². The van der Waals surface area contributed by atoms with Crippen molar-refractivity contribution in [1.82, 2.24) is 5.32 Å². The lowest BCUT2D eigenvalue weighted by atomic mass is 10.0. The number of aryl methyl sites for hydroxylation is 3. The highest BCUT2D eigenvalue weighted by molar-refractivity contribution is 5.96. The van der Waals surface area contributed by atoms with Gasteiger partial charge in [0.1, 0.15) is 0 Å². The SMILES string of the molecule is CCC(CC)C(=O)NCC(=O)Nc1c(C)cc(C)cc1C. The summed E-state index contributed by atoms with van der Waals surface area (Å²) in [5.41, 5.74) is 4.08. The molecule has 0 saturated carbocycles. The van der Waals surface area contributed by atoms with Crippen molar-refractivity contribution in [3.8, 4) is 0 Å². The zero-order chi connectivity index (χ0) is 16.0. The summed E-state index contributed by atoms with van der Waals surface area (Å²) >= 11 is 0. The van der Waals surface area contributed by atoms with Gasteiger partial charge in [-0.2, -0.15) is 0 Å². The number of amides is 2. The van der Waals surface area contributed by atoms with Gasteiger partial charge in [0, 0.05) is 11.6 Å². The van der Waals surface area contributed by atoms with Crippen LogP contribution >= 0.6 is 0 Å². The van der Waals surface area contributed by atoms with Gasteiger partial charge in [0.05, 0.1) is 6.54 Å². The van der Waals surface area contributed by atoms with Crippen molar-refractivity contribution in [2.75, 3.05) is 11.9 Å². The monoisotopic (exact) mass is 290 g/mol. The van der Waals surface area contributed by atoms with E-state index in [2.05, 4.69) is 10.6 Å². The second-order valence-corrected chi connectivity index (χ2v) is 5.55. The largest absolute Gasteiger partial charge is 0.347 e. The highest BCUT2D eigenvalue weighted by Gasteiger charge is 2.15. The fourth-order valence-electron chi connectivity index (χ4n) is 2.53. The zero-order valence-electron chi connectivity index (χ0n) is 13.7. The maximum Gasteiger partial charge on any atom is 0.243 e. The van der Waals surface area contributed by atoms with E-state index in [4.69, 9.17) is 0 Å². The van der Waals surface area contributed by atoms with Crippen molar-refractivity contribution < 1.29 is 9.59 Å². The molecule has 2 N–H and O–H groups in total. The van der Waals surface area contributed by atoms with Gasteiger partial charge in [0.25, 0.3) is 0 Å². The Morgan fingerprint density at radius 1 is 1.05 bits per heavy atom. The number of nitrogens with one attached hydrogen (secondary N) is 2. The molecule has 0 bridgehead atoms. The number of anilines is 1. The molecule has 1 aromatic rings. The molecule has 1 aromatic carbocycles. The maximum atomic E-state index is 12.0. The summed E-state index contributed by atoms with van der Waals surface area (Å²) in [5, 5.41) is 5.59. The number of rotatable bonds is 6. The highest BCUT2D eigenvalue weighted by atomic mass is 16.2. The first-order valence-corrected chi connectivity index (χ1v) is 7.54. The molecule has 4 heteroatoms. The van der Waals surface area contributed by atoms with Crippen LogP contribution in [0, 0.1) is 26.7 Å². The summed E-state index contributed by atoms with van der Waals surface area (Å²) in [6.45, 7) is 9.94. The van der Waals surface area contributed by atoms with Gasteiger partial charge in [-0.05, 0) is 44.7 Å². The third-order valence-corrected chi connectivity index (χ3v) is 3.72. The molecule has 0 saturated heterocycles. The molecule has 0 heterocycles. The van der Waals surface area contributed by atoms with Gasteiger partial charge in [-0.1, -0.05) is 31.5 Å². The molecule has 0 aliphatic rings. The molecule has 0 aromatic heterocycles. The van der Waals surface area contributed by atoms with Crippen LogP contribution in [0.5, 0.6) is 0 Å². The molecule has 0 fully saturated rings. The summed E-state index contributed by atoms with van der Waals surface area (Å²) < 4.78 is 0. The van der Waals surface area contributed by atoms with E-state index in [1.54, 1.807) is 0 Å². The molecular weight excluding hydrogens is 264 g/mol. The molecule has 0 aliphatic carbocycles. The average molecular weight is 290 g/mol. The smallest absolute Gasteiger partial charge is 0.243 e. The Hall–Kier alpha value is -1.84. The molecule has 0 aliphatic heterocycles. The van der Waals surface area contributed by atoms with E-state index in [1.165, 1.54) is 5.56 Å². The number of carbonyl (C=O) groups excluding carboxylic acids is 2. The molecular formula is C17H26N2O2. The van der Waals surface area contributed by atoms with Crippen LogP contribution in [-0.2, 0) is 9.59 Å². The molecule has 0 spiro atoms. The molecule has 2 amide bonds. The molecule has 116 valence electrons. The van der Waals surface area contributed by atoms with Crippen LogP contribution in [0.4, 0.5) is 5.69 Å². The van der Waals surface area contributed by atoms with Gasteiger partial charge in [0.2, 0.25) is 11.8 Å². The van der Waals surface area contributed by atoms with Crippen LogP contribution in [-0.4, -0.2) is 18.4 Å². The van der Waals surface area contributed by atoms with Crippen molar-refractivity contribution in [2.45, 2.75) is 47.5 Å². The Kier molecular flexibility index (Phi) is 6.40. The van der Waals surface area contributed by atoms with Crippen LogP contribution < -0.4 is 10.6 Å². The van der Waals surface area contributed by atoms with Crippen molar-refractivity contribution in [2.24, 2.45) is 5.92 Å². The second-order valence-electron chi connectivity index (χ2n) is 5.55. The number of hydrogen-bond donors (Lipinski definition) is 2. The quantitative estimate of drug-likeness (QED) is 0.845. The summed E-state index contributed by atoms with van der Waals surface area (Å²) in [5.74, 6) is -0.252. The van der Waals surface area contributed by atoms with E-state index in [0.717, 1.165) is 29.7 Å². The summed E-state index contributed by atoms with van der Waals surface area (Å²) in [6.07, 6.45) is 1.58. The Morgan fingerprint density at radius 3 is 2.05 bits per heavy atom. The fourth-order valence-corrected chi connectivity index (χ4v) is 2.53. The average Bonchev–Trinajstić information content (AvgIpc) is 2.42. The Bertz CT molecular complexity index is 497. The molecule has 0 atom stereocenters. The predicted octanol–water partition coefficient (Wildman–Crippen LogP) is 3.10. The minimum absolute atomic E-state index is 0.0133. The minimum atomic E-state index is -0.190.